The van der Waals surface area contributed by atoms with E-state index in [0.29, 0.717) is 11.3 Å². The van der Waals surface area contributed by atoms with E-state index in [0.717, 1.165) is 14.5 Å². The van der Waals surface area contributed by atoms with Gasteiger partial charge in [-0.05, 0) is 56.5 Å². The van der Waals surface area contributed by atoms with E-state index in [-0.39, 0.29) is 24.1 Å². The topological polar surface area (TPSA) is 86.9 Å². The van der Waals surface area contributed by atoms with E-state index >= 15 is 0 Å². The quantitative estimate of drug-likeness (QED) is 0.698. The molecule has 0 radical (unpaired) electrons. The zero-order valence-electron chi connectivity index (χ0n) is 12.0. The number of halogens is 2. The SMILES string of the molecule is CNC(=O)c1c(NC(=O)Cc2ccc(Br)c(Br)c2)n[nH]c1C. The Morgan fingerprint density at radius 2 is 2.00 bits per heavy atom. The number of carbonyl (C=O) groups is 2. The maximum absolute atomic E-state index is 12.1. The lowest BCUT2D eigenvalue weighted by molar-refractivity contribution is -0.115. The van der Waals surface area contributed by atoms with Crippen LogP contribution in [0.15, 0.2) is 27.1 Å². The lowest BCUT2D eigenvalue weighted by Crippen LogP contribution is -2.22. The minimum atomic E-state index is -0.298. The number of benzene rings is 1. The second kappa shape index (κ2) is 7.06. The number of amides is 2. The van der Waals surface area contributed by atoms with Crippen molar-refractivity contribution in [3.05, 3.63) is 44.0 Å². The van der Waals surface area contributed by atoms with Crippen molar-refractivity contribution in [2.24, 2.45) is 0 Å². The minimum absolute atomic E-state index is 0.185. The number of carbonyl (C=O) groups excluding carboxylic acids is 2. The molecule has 0 fully saturated rings. The van der Waals surface area contributed by atoms with Gasteiger partial charge >= 0.3 is 0 Å². The number of aromatic amines is 1. The maximum atomic E-state index is 12.1. The molecule has 2 aromatic rings. The van der Waals surface area contributed by atoms with Gasteiger partial charge in [-0.25, -0.2) is 0 Å². The van der Waals surface area contributed by atoms with Crippen LogP contribution in [0.4, 0.5) is 5.82 Å². The molecule has 1 aromatic heterocycles. The predicted octanol–water partition coefficient (Wildman–Crippen LogP) is 2.78. The number of nitrogens with zero attached hydrogens (tertiary/aromatic N) is 1. The number of aryl methyl sites for hydroxylation is 1. The Morgan fingerprint density at radius 1 is 1.27 bits per heavy atom. The second-order valence-electron chi connectivity index (χ2n) is 4.62. The Balaban J connectivity index is 2.12. The molecular formula is C14H14Br2N4O2. The number of nitrogens with one attached hydrogen (secondary N) is 3. The average Bonchev–Trinajstić information content (AvgIpc) is 2.83. The Labute approximate surface area is 144 Å². The Kier molecular flexibility index (Phi) is 5.36. The molecule has 0 bridgehead atoms. The summed E-state index contributed by atoms with van der Waals surface area (Å²) in [6, 6.07) is 5.57. The van der Waals surface area contributed by atoms with Crippen molar-refractivity contribution in [3.8, 4) is 0 Å². The highest BCUT2D eigenvalue weighted by atomic mass is 79.9. The second-order valence-corrected chi connectivity index (χ2v) is 6.33. The van der Waals surface area contributed by atoms with Gasteiger partial charge in [0, 0.05) is 21.7 Å². The molecule has 116 valence electrons. The number of hydrogen-bond acceptors (Lipinski definition) is 3. The fourth-order valence-corrected chi connectivity index (χ4v) is 2.61. The molecule has 0 aliphatic carbocycles. The molecule has 1 aromatic carbocycles. The predicted molar refractivity (Wildman–Crippen MR) is 90.9 cm³/mol. The molecule has 2 rings (SSSR count). The molecule has 0 unspecified atom stereocenters. The molecule has 0 spiro atoms. The van der Waals surface area contributed by atoms with Crippen LogP contribution >= 0.6 is 31.9 Å². The zero-order valence-corrected chi connectivity index (χ0v) is 15.1. The van der Waals surface area contributed by atoms with E-state index in [9.17, 15) is 9.59 Å². The van der Waals surface area contributed by atoms with Crippen LogP contribution in [0.1, 0.15) is 21.6 Å². The molecule has 0 saturated heterocycles. The first-order valence-electron chi connectivity index (χ1n) is 6.43. The van der Waals surface area contributed by atoms with Gasteiger partial charge < -0.3 is 10.6 Å². The molecule has 3 N–H and O–H groups in total. The largest absolute Gasteiger partial charge is 0.355 e. The van der Waals surface area contributed by atoms with E-state index in [1.165, 1.54) is 7.05 Å². The molecule has 0 aliphatic rings. The van der Waals surface area contributed by atoms with Gasteiger partial charge in [0.1, 0.15) is 5.56 Å². The summed E-state index contributed by atoms with van der Waals surface area (Å²) >= 11 is 6.78. The number of anilines is 1. The molecule has 2 amide bonds. The lowest BCUT2D eigenvalue weighted by Gasteiger charge is -2.06. The lowest BCUT2D eigenvalue weighted by atomic mass is 10.1. The summed E-state index contributed by atoms with van der Waals surface area (Å²) in [6.07, 6.45) is 0.185. The molecule has 0 aliphatic heterocycles. The number of H-pyrrole nitrogens is 1. The molecular weight excluding hydrogens is 416 g/mol. The Hall–Kier alpha value is -1.67. The highest BCUT2D eigenvalue weighted by Crippen LogP contribution is 2.24. The monoisotopic (exact) mass is 428 g/mol. The van der Waals surface area contributed by atoms with Crippen molar-refractivity contribution < 1.29 is 9.59 Å². The average molecular weight is 430 g/mol. The van der Waals surface area contributed by atoms with Gasteiger partial charge in [0.2, 0.25) is 5.91 Å². The van der Waals surface area contributed by atoms with Gasteiger partial charge in [0.25, 0.3) is 5.91 Å². The van der Waals surface area contributed by atoms with Crippen molar-refractivity contribution in [3.63, 3.8) is 0 Å². The van der Waals surface area contributed by atoms with Crippen LogP contribution in [0.3, 0.4) is 0 Å². The summed E-state index contributed by atoms with van der Waals surface area (Å²) in [5.41, 5.74) is 1.79. The summed E-state index contributed by atoms with van der Waals surface area (Å²) in [7, 11) is 1.53. The van der Waals surface area contributed by atoms with Crippen LogP contribution in [0, 0.1) is 6.92 Å². The number of rotatable bonds is 4. The standard InChI is InChI=1S/C14H14Br2N4O2/c1-7-12(14(22)17-2)13(20-19-7)18-11(21)6-8-3-4-9(15)10(16)5-8/h3-5H,6H2,1-2H3,(H,17,22)(H2,18,19,20,21). The van der Waals surface area contributed by atoms with E-state index < -0.39 is 0 Å². The van der Waals surface area contributed by atoms with Crippen molar-refractivity contribution in [1.29, 1.82) is 0 Å². The first-order chi connectivity index (χ1) is 10.4. The van der Waals surface area contributed by atoms with Crippen LogP contribution in [0.5, 0.6) is 0 Å². The van der Waals surface area contributed by atoms with E-state index in [4.69, 9.17) is 0 Å². The maximum Gasteiger partial charge on any atom is 0.256 e. The zero-order chi connectivity index (χ0) is 16.3. The molecule has 0 atom stereocenters. The summed E-state index contributed by atoms with van der Waals surface area (Å²) < 4.78 is 1.79. The third-order valence-corrected chi connectivity index (χ3v) is 4.89. The third-order valence-electron chi connectivity index (χ3n) is 3.01. The highest BCUT2D eigenvalue weighted by Gasteiger charge is 2.18. The van der Waals surface area contributed by atoms with Crippen molar-refractivity contribution in [1.82, 2.24) is 15.5 Å². The molecule has 1 heterocycles. The molecule has 8 heteroatoms. The minimum Gasteiger partial charge on any atom is -0.355 e. The van der Waals surface area contributed by atoms with Crippen molar-refractivity contribution in [2.45, 2.75) is 13.3 Å². The van der Waals surface area contributed by atoms with E-state index in [1.807, 2.05) is 18.2 Å². The fourth-order valence-electron chi connectivity index (χ4n) is 1.93. The summed E-state index contributed by atoms with van der Waals surface area (Å²) in [5.74, 6) is -0.308. The normalized spacial score (nSPS) is 10.4. The smallest absolute Gasteiger partial charge is 0.256 e. The van der Waals surface area contributed by atoms with Gasteiger partial charge in [-0.3, -0.25) is 14.7 Å². The van der Waals surface area contributed by atoms with Crippen LogP contribution in [-0.4, -0.2) is 29.1 Å². The van der Waals surface area contributed by atoms with Gasteiger partial charge in [-0.1, -0.05) is 6.07 Å². The van der Waals surface area contributed by atoms with Crippen LogP contribution in [0.25, 0.3) is 0 Å². The van der Waals surface area contributed by atoms with Crippen LogP contribution < -0.4 is 10.6 Å². The third kappa shape index (κ3) is 3.75. The summed E-state index contributed by atoms with van der Waals surface area (Å²) in [4.78, 5) is 23.9. The van der Waals surface area contributed by atoms with E-state index in [2.05, 4.69) is 52.7 Å². The number of aromatic nitrogens is 2. The van der Waals surface area contributed by atoms with E-state index in [1.54, 1.807) is 6.92 Å². The van der Waals surface area contributed by atoms with Gasteiger partial charge in [0.15, 0.2) is 5.82 Å². The highest BCUT2D eigenvalue weighted by molar-refractivity contribution is 9.13. The van der Waals surface area contributed by atoms with Gasteiger partial charge in [-0.2, -0.15) is 5.10 Å². The van der Waals surface area contributed by atoms with Crippen LogP contribution in [-0.2, 0) is 11.2 Å². The van der Waals surface area contributed by atoms with Crippen molar-refractivity contribution in [2.75, 3.05) is 12.4 Å². The fraction of sp³-hybridized carbons (Fsp3) is 0.214. The molecule has 0 saturated carbocycles. The first kappa shape index (κ1) is 16.7. The van der Waals surface area contributed by atoms with Gasteiger partial charge in [0.05, 0.1) is 6.42 Å². The van der Waals surface area contributed by atoms with Gasteiger partial charge in [-0.15, -0.1) is 0 Å². The first-order valence-corrected chi connectivity index (χ1v) is 8.01. The molecule has 6 nitrogen and oxygen atoms in total. The number of hydrogen-bond donors (Lipinski definition) is 3. The van der Waals surface area contributed by atoms with Crippen LogP contribution in [0.2, 0.25) is 0 Å². The Morgan fingerprint density at radius 3 is 2.64 bits per heavy atom. The Bertz CT molecular complexity index is 728. The van der Waals surface area contributed by atoms with Crippen molar-refractivity contribution >= 4 is 49.5 Å². The summed E-state index contributed by atoms with van der Waals surface area (Å²) in [5, 5.41) is 11.8. The molecule has 22 heavy (non-hydrogen) atoms. The summed E-state index contributed by atoms with van der Waals surface area (Å²) in [6.45, 7) is 1.72.